The fourth-order valence-electron chi connectivity index (χ4n) is 2.35. The topological polar surface area (TPSA) is 32.9 Å². The number of hydrogen-bond acceptors (Lipinski definition) is 1. The summed E-state index contributed by atoms with van der Waals surface area (Å²) in [4.78, 5) is 15.5. The summed E-state index contributed by atoms with van der Waals surface area (Å²) in [6, 6.07) is 16.0. The van der Waals surface area contributed by atoms with E-state index < -0.39 is 0 Å². The van der Waals surface area contributed by atoms with Crippen molar-refractivity contribution in [2.24, 2.45) is 0 Å². The van der Waals surface area contributed by atoms with Crippen LogP contribution in [0.15, 0.2) is 54.7 Å². The van der Waals surface area contributed by atoms with E-state index in [0.29, 0.717) is 6.42 Å². The zero-order valence-electron chi connectivity index (χ0n) is 10.8. The first-order valence-electron chi connectivity index (χ1n) is 6.39. The molecule has 2 aromatic carbocycles. The zero-order valence-corrected chi connectivity index (χ0v) is 10.8. The van der Waals surface area contributed by atoms with E-state index >= 15 is 0 Å². The molecule has 0 fully saturated rings. The molecule has 19 heavy (non-hydrogen) atoms. The van der Waals surface area contributed by atoms with Gasteiger partial charge in [0.05, 0.1) is 0 Å². The van der Waals surface area contributed by atoms with Gasteiger partial charge in [-0.3, -0.25) is 4.79 Å². The summed E-state index contributed by atoms with van der Waals surface area (Å²) in [5, 5.41) is 1.01. The molecule has 0 saturated heterocycles. The number of ketones is 1. The maximum Gasteiger partial charge on any atom is 0.169 e. The molecule has 0 radical (unpaired) electrons. The molecule has 2 heteroatoms. The first-order valence-corrected chi connectivity index (χ1v) is 6.39. The number of hydrogen-bond donors (Lipinski definition) is 1. The SMILES string of the molecule is Cc1ccc2c(C(=O)Cc3ccccc3)c[nH]c2c1. The minimum absolute atomic E-state index is 0.154. The molecule has 0 spiro atoms. The van der Waals surface area contributed by atoms with E-state index in [0.717, 1.165) is 22.0 Å². The molecule has 1 aromatic heterocycles. The van der Waals surface area contributed by atoms with E-state index in [1.54, 1.807) is 0 Å². The molecule has 2 nitrogen and oxygen atoms in total. The Morgan fingerprint density at radius 2 is 1.89 bits per heavy atom. The van der Waals surface area contributed by atoms with Crippen LogP contribution < -0.4 is 0 Å². The molecule has 0 amide bonds. The van der Waals surface area contributed by atoms with Crippen LogP contribution in [0, 0.1) is 6.92 Å². The van der Waals surface area contributed by atoms with Gasteiger partial charge in [-0.05, 0) is 24.1 Å². The number of aromatic nitrogens is 1. The number of benzene rings is 2. The molecule has 0 unspecified atom stereocenters. The molecule has 1 N–H and O–H groups in total. The second-order valence-corrected chi connectivity index (χ2v) is 4.84. The van der Waals surface area contributed by atoms with Crippen molar-refractivity contribution in [2.45, 2.75) is 13.3 Å². The second kappa shape index (κ2) is 4.73. The standard InChI is InChI=1S/C17H15NO/c1-12-7-8-14-15(11-18-16(14)9-12)17(19)10-13-5-3-2-4-6-13/h2-9,11,18H,10H2,1H3. The van der Waals surface area contributed by atoms with Crippen LogP contribution in [0.5, 0.6) is 0 Å². The van der Waals surface area contributed by atoms with Crippen LogP contribution in [-0.4, -0.2) is 10.8 Å². The van der Waals surface area contributed by atoms with E-state index in [1.807, 2.05) is 55.6 Å². The summed E-state index contributed by atoms with van der Waals surface area (Å²) in [7, 11) is 0. The number of nitrogens with one attached hydrogen (secondary N) is 1. The first-order chi connectivity index (χ1) is 9.24. The Hall–Kier alpha value is -2.35. The van der Waals surface area contributed by atoms with Gasteiger partial charge < -0.3 is 4.98 Å². The van der Waals surface area contributed by atoms with Gasteiger partial charge in [-0.2, -0.15) is 0 Å². The van der Waals surface area contributed by atoms with E-state index in [4.69, 9.17) is 0 Å². The number of fused-ring (bicyclic) bond motifs is 1. The van der Waals surface area contributed by atoms with Gasteiger partial charge in [-0.1, -0.05) is 42.5 Å². The number of Topliss-reactive ketones (excluding diaryl/α,β-unsaturated/α-hetero) is 1. The third-order valence-electron chi connectivity index (χ3n) is 3.35. The molecule has 0 bridgehead atoms. The summed E-state index contributed by atoms with van der Waals surface area (Å²) in [6.07, 6.45) is 2.26. The van der Waals surface area contributed by atoms with Gasteiger partial charge >= 0.3 is 0 Å². The third kappa shape index (κ3) is 2.29. The predicted molar refractivity (Wildman–Crippen MR) is 77.5 cm³/mol. The lowest BCUT2D eigenvalue weighted by Crippen LogP contribution is -2.02. The predicted octanol–water partition coefficient (Wildman–Crippen LogP) is 3.90. The van der Waals surface area contributed by atoms with Gasteiger partial charge in [0.1, 0.15) is 0 Å². The van der Waals surface area contributed by atoms with Crippen molar-refractivity contribution in [2.75, 3.05) is 0 Å². The smallest absolute Gasteiger partial charge is 0.169 e. The van der Waals surface area contributed by atoms with Gasteiger partial charge in [-0.15, -0.1) is 0 Å². The minimum Gasteiger partial charge on any atom is -0.360 e. The molecule has 3 rings (SSSR count). The molecule has 0 aliphatic carbocycles. The maximum absolute atomic E-state index is 12.4. The minimum atomic E-state index is 0.154. The Morgan fingerprint density at radius 1 is 1.11 bits per heavy atom. The molecule has 0 saturated carbocycles. The first kappa shape index (κ1) is 11.7. The molecular weight excluding hydrogens is 234 g/mol. The van der Waals surface area contributed by atoms with Crippen LogP contribution in [-0.2, 0) is 6.42 Å². The Morgan fingerprint density at radius 3 is 2.68 bits per heavy atom. The van der Waals surface area contributed by atoms with E-state index in [1.165, 1.54) is 5.56 Å². The van der Waals surface area contributed by atoms with Crippen molar-refractivity contribution in [1.29, 1.82) is 0 Å². The highest BCUT2D eigenvalue weighted by molar-refractivity contribution is 6.08. The number of H-pyrrole nitrogens is 1. The maximum atomic E-state index is 12.4. The zero-order chi connectivity index (χ0) is 13.2. The average Bonchev–Trinajstić information content (AvgIpc) is 2.82. The second-order valence-electron chi connectivity index (χ2n) is 4.84. The number of rotatable bonds is 3. The number of aromatic amines is 1. The normalized spacial score (nSPS) is 10.8. The van der Waals surface area contributed by atoms with Crippen molar-refractivity contribution in [3.63, 3.8) is 0 Å². The number of carbonyl (C=O) groups is 1. The van der Waals surface area contributed by atoms with Crippen LogP contribution >= 0.6 is 0 Å². The van der Waals surface area contributed by atoms with Gasteiger partial charge in [0.2, 0.25) is 0 Å². The fraction of sp³-hybridized carbons (Fsp3) is 0.118. The summed E-state index contributed by atoms with van der Waals surface area (Å²) >= 11 is 0. The van der Waals surface area contributed by atoms with Crippen LogP contribution in [0.2, 0.25) is 0 Å². The highest BCUT2D eigenvalue weighted by Crippen LogP contribution is 2.21. The van der Waals surface area contributed by atoms with Gasteiger partial charge in [-0.25, -0.2) is 0 Å². The van der Waals surface area contributed by atoms with Crippen molar-refractivity contribution in [1.82, 2.24) is 4.98 Å². The van der Waals surface area contributed by atoms with Crippen LogP contribution in [0.3, 0.4) is 0 Å². The van der Waals surface area contributed by atoms with E-state index in [-0.39, 0.29) is 5.78 Å². The lowest BCUT2D eigenvalue weighted by molar-refractivity contribution is 0.0994. The summed E-state index contributed by atoms with van der Waals surface area (Å²) in [6.45, 7) is 2.05. The van der Waals surface area contributed by atoms with E-state index in [2.05, 4.69) is 11.1 Å². The fourth-order valence-corrected chi connectivity index (χ4v) is 2.35. The Bertz CT molecular complexity index is 725. The van der Waals surface area contributed by atoms with Gasteiger partial charge in [0.25, 0.3) is 0 Å². The van der Waals surface area contributed by atoms with E-state index in [9.17, 15) is 4.79 Å². The lowest BCUT2D eigenvalue weighted by Gasteiger charge is -2.00. The summed E-state index contributed by atoms with van der Waals surface area (Å²) < 4.78 is 0. The van der Waals surface area contributed by atoms with Crippen LogP contribution in [0.1, 0.15) is 21.5 Å². The average molecular weight is 249 g/mol. The highest BCUT2D eigenvalue weighted by atomic mass is 16.1. The molecule has 3 aromatic rings. The van der Waals surface area contributed by atoms with Crippen molar-refractivity contribution >= 4 is 16.7 Å². The Balaban J connectivity index is 1.94. The van der Waals surface area contributed by atoms with Crippen LogP contribution in [0.4, 0.5) is 0 Å². The van der Waals surface area contributed by atoms with Gasteiger partial charge in [0.15, 0.2) is 5.78 Å². The highest BCUT2D eigenvalue weighted by Gasteiger charge is 2.12. The quantitative estimate of drug-likeness (QED) is 0.701. The Kier molecular flexibility index (Phi) is 2.92. The Labute approximate surface area is 112 Å². The van der Waals surface area contributed by atoms with Crippen molar-refractivity contribution in [3.05, 3.63) is 71.4 Å². The molecule has 94 valence electrons. The number of carbonyl (C=O) groups excluding carboxylic acids is 1. The van der Waals surface area contributed by atoms with Gasteiger partial charge in [0, 0.05) is 29.1 Å². The summed E-state index contributed by atoms with van der Waals surface area (Å²) in [5.41, 5.74) is 4.04. The van der Waals surface area contributed by atoms with Crippen LogP contribution in [0.25, 0.3) is 10.9 Å². The van der Waals surface area contributed by atoms with Crippen molar-refractivity contribution < 1.29 is 4.79 Å². The molecule has 0 aliphatic rings. The third-order valence-corrected chi connectivity index (χ3v) is 3.35. The molecule has 0 atom stereocenters. The molecule has 1 heterocycles. The molecule has 0 aliphatic heterocycles. The largest absolute Gasteiger partial charge is 0.360 e. The van der Waals surface area contributed by atoms with Crippen molar-refractivity contribution in [3.8, 4) is 0 Å². The monoisotopic (exact) mass is 249 g/mol. The summed E-state index contributed by atoms with van der Waals surface area (Å²) in [5.74, 6) is 0.154. The molecular formula is C17H15NO. The lowest BCUT2D eigenvalue weighted by atomic mass is 10.0. The number of aryl methyl sites for hydroxylation is 1.